The van der Waals surface area contributed by atoms with Crippen LogP contribution in [0.2, 0.25) is 0 Å². The van der Waals surface area contributed by atoms with Crippen LogP contribution in [0, 0.1) is 17.8 Å². The van der Waals surface area contributed by atoms with Crippen LogP contribution in [0.3, 0.4) is 0 Å². The first kappa shape index (κ1) is 12.5. The van der Waals surface area contributed by atoms with Crippen LogP contribution in [0.4, 0.5) is 0 Å². The molecule has 1 aromatic rings. The maximum atomic E-state index is 12.4. The molecule has 98 valence electrons. The van der Waals surface area contributed by atoms with E-state index in [4.69, 9.17) is 4.42 Å². The SMILES string of the molecule is O=C(c1occc1Br)C1CCC2CCCCC2C1. The van der Waals surface area contributed by atoms with Gasteiger partial charge in [-0.3, -0.25) is 4.79 Å². The number of ketones is 1. The molecule has 0 saturated heterocycles. The highest BCUT2D eigenvalue weighted by Crippen LogP contribution is 2.43. The second kappa shape index (κ2) is 5.20. The zero-order chi connectivity index (χ0) is 12.5. The Morgan fingerprint density at radius 1 is 1.17 bits per heavy atom. The molecule has 1 aromatic heterocycles. The van der Waals surface area contributed by atoms with Gasteiger partial charge in [-0.2, -0.15) is 0 Å². The maximum Gasteiger partial charge on any atom is 0.202 e. The van der Waals surface area contributed by atoms with Crippen molar-refractivity contribution in [3.05, 3.63) is 22.6 Å². The summed E-state index contributed by atoms with van der Waals surface area (Å²) >= 11 is 3.39. The van der Waals surface area contributed by atoms with Gasteiger partial charge in [-0.1, -0.05) is 25.7 Å². The van der Waals surface area contributed by atoms with Crippen molar-refractivity contribution in [2.75, 3.05) is 0 Å². The number of Topliss-reactive ketones (excluding diaryl/α,β-unsaturated/α-hetero) is 1. The summed E-state index contributed by atoms with van der Waals surface area (Å²) in [6.07, 6.45) is 10.4. The molecule has 0 amide bonds. The molecular formula is C15H19BrO2. The van der Waals surface area contributed by atoms with Gasteiger partial charge in [0.1, 0.15) is 0 Å². The summed E-state index contributed by atoms with van der Waals surface area (Å²) in [5, 5.41) is 0. The molecule has 2 aliphatic carbocycles. The van der Waals surface area contributed by atoms with Crippen molar-refractivity contribution in [2.45, 2.75) is 44.9 Å². The van der Waals surface area contributed by atoms with E-state index in [0.29, 0.717) is 5.76 Å². The Hall–Kier alpha value is -0.570. The van der Waals surface area contributed by atoms with E-state index in [2.05, 4.69) is 15.9 Å². The quantitative estimate of drug-likeness (QED) is 0.732. The minimum absolute atomic E-state index is 0.187. The van der Waals surface area contributed by atoms with Crippen LogP contribution >= 0.6 is 15.9 Å². The van der Waals surface area contributed by atoms with Crippen LogP contribution in [0.15, 0.2) is 21.2 Å². The molecule has 3 rings (SSSR count). The lowest BCUT2D eigenvalue weighted by Crippen LogP contribution is -2.31. The molecular weight excluding hydrogens is 292 g/mol. The fraction of sp³-hybridized carbons (Fsp3) is 0.667. The highest BCUT2D eigenvalue weighted by atomic mass is 79.9. The molecule has 2 fully saturated rings. The topological polar surface area (TPSA) is 30.2 Å². The van der Waals surface area contributed by atoms with Gasteiger partial charge in [0.25, 0.3) is 0 Å². The van der Waals surface area contributed by atoms with E-state index in [1.54, 1.807) is 12.3 Å². The standard InChI is InChI=1S/C15H19BrO2/c16-13-7-8-18-15(13)14(17)12-6-5-10-3-1-2-4-11(10)9-12/h7-8,10-12H,1-6,9H2. The Balaban J connectivity index is 1.70. The molecule has 0 aliphatic heterocycles. The summed E-state index contributed by atoms with van der Waals surface area (Å²) in [6, 6.07) is 1.81. The lowest BCUT2D eigenvalue weighted by molar-refractivity contribution is 0.0735. The van der Waals surface area contributed by atoms with Crippen LogP contribution in [0.25, 0.3) is 0 Å². The highest BCUT2D eigenvalue weighted by Gasteiger charge is 2.36. The molecule has 2 aliphatic rings. The van der Waals surface area contributed by atoms with Crippen molar-refractivity contribution < 1.29 is 9.21 Å². The molecule has 0 N–H and O–H groups in total. The molecule has 1 heterocycles. The fourth-order valence-electron chi connectivity index (χ4n) is 3.77. The average Bonchev–Trinajstić information content (AvgIpc) is 2.83. The molecule has 0 radical (unpaired) electrons. The van der Waals surface area contributed by atoms with Crippen LogP contribution in [-0.2, 0) is 0 Å². The maximum absolute atomic E-state index is 12.4. The third-order valence-electron chi connectivity index (χ3n) is 4.75. The molecule has 0 spiro atoms. The Morgan fingerprint density at radius 3 is 2.67 bits per heavy atom. The van der Waals surface area contributed by atoms with Gasteiger partial charge in [0.2, 0.25) is 5.78 Å². The third kappa shape index (κ3) is 2.29. The zero-order valence-electron chi connectivity index (χ0n) is 10.5. The normalized spacial score (nSPS) is 31.9. The Bertz CT molecular complexity index is 437. The van der Waals surface area contributed by atoms with Gasteiger partial charge in [0.05, 0.1) is 10.7 Å². The molecule has 0 bridgehead atoms. The van der Waals surface area contributed by atoms with Crippen LogP contribution in [0.5, 0.6) is 0 Å². The van der Waals surface area contributed by atoms with Crippen molar-refractivity contribution in [3.63, 3.8) is 0 Å². The summed E-state index contributed by atoms with van der Waals surface area (Å²) in [4.78, 5) is 12.4. The van der Waals surface area contributed by atoms with Gasteiger partial charge in [-0.25, -0.2) is 0 Å². The van der Waals surface area contributed by atoms with Crippen molar-refractivity contribution in [3.8, 4) is 0 Å². The first-order valence-electron chi connectivity index (χ1n) is 7.03. The van der Waals surface area contributed by atoms with Crippen molar-refractivity contribution in [2.24, 2.45) is 17.8 Å². The number of rotatable bonds is 2. The third-order valence-corrected chi connectivity index (χ3v) is 5.38. The molecule has 3 unspecified atom stereocenters. The minimum Gasteiger partial charge on any atom is -0.460 e. The molecule has 3 heteroatoms. The summed E-state index contributed by atoms with van der Waals surface area (Å²) in [5.41, 5.74) is 0. The van der Waals surface area contributed by atoms with E-state index >= 15 is 0 Å². The lowest BCUT2D eigenvalue weighted by atomic mass is 9.66. The summed E-state index contributed by atoms with van der Waals surface area (Å²) in [5.74, 6) is 2.59. The van der Waals surface area contributed by atoms with Crippen molar-refractivity contribution in [1.82, 2.24) is 0 Å². The van der Waals surface area contributed by atoms with Gasteiger partial charge >= 0.3 is 0 Å². The van der Waals surface area contributed by atoms with Crippen molar-refractivity contribution >= 4 is 21.7 Å². The molecule has 3 atom stereocenters. The smallest absolute Gasteiger partial charge is 0.202 e. The van der Waals surface area contributed by atoms with Gasteiger partial charge in [0, 0.05) is 5.92 Å². The predicted molar refractivity (Wildman–Crippen MR) is 73.5 cm³/mol. The predicted octanol–water partition coefficient (Wildman–Crippen LogP) is 4.83. The highest BCUT2D eigenvalue weighted by molar-refractivity contribution is 9.10. The first-order valence-corrected chi connectivity index (χ1v) is 7.82. The van der Waals surface area contributed by atoms with Crippen molar-refractivity contribution in [1.29, 1.82) is 0 Å². The van der Waals surface area contributed by atoms with Gasteiger partial charge in [0.15, 0.2) is 5.76 Å². The molecule has 2 nitrogen and oxygen atoms in total. The number of hydrogen-bond acceptors (Lipinski definition) is 2. The summed E-state index contributed by atoms with van der Waals surface area (Å²) in [7, 11) is 0. The second-order valence-electron chi connectivity index (χ2n) is 5.78. The number of halogens is 1. The van der Waals surface area contributed by atoms with Crippen LogP contribution in [-0.4, -0.2) is 5.78 Å². The van der Waals surface area contributed by atoms with Crippen LogP contribution < -0.4 is 0 Å². The molecule has 0 aromatic carbocycles. The van der Waals surface area contributed by atoms with E-state index in [1.165, 1.54) is 32.1 Å². The summed E-state index contributed by atoms with van der Waals surface area (Å²) in [6.45, 7) is 0. The van der Waals surface area contributed by atoms with E-state index in [0.717, 1.165) is 29.2 Å². The average molecular weight is 311 g/mol. The summed E-state index contributed by atoms with van der Waals surface area (Å²) < 4.78 is 6.12. The number of carbonyl (C=O) groups is 1. The molecule has 18 heavy (non-hydrogen) atoms. The van der Waals surface area contributed by atoms with E-state index in [1.807, 2.05) is 0 Å². The van der Waals surface area contributed by atoms with E-state index in [9.17, 15) is 4.79 Å². The zero-order valence-corrected chi connectivity index (χ0v) is 12.1. The largest absolute Gasteiger partial charge is 0.460 e. The second-order valence-corrected chi connectivity index (χ2v) is 6.63. The Labute approximate surface area is 116 Å². The first-order chi connectivity index (χ1) is 8.75. The van der Waals surface area contributed by atoms with E-state index < -0.39 is 0 Å². The van der Waals surface area contributed by atoms with Gasteiger partial charge in [-0.15, -0.1) is 0 Å². The van der Waals surface area contributed by atoms with Gasteiger partial charge < -0.3 is 4.42 Å². The number of furan rings is 1. The minimum atomic E-state index is 0.187. The number of fused-ring (bicyclic) bond motifs is 1. The van der Waals surface area contributed by atoms with Gasteiger partial charge in [-0.05, 0) is 53.1 Å². The lowest BCUT2D eigenvalue weighted by Gasteiger charge is -2.38. The van der Waals surface area contributed by atoms with Crippen LogP contribution in [0.1, 0.15) is 55.5 Å². The number of carbonyl (C=O) groups excluding carboxylic acids is 1. The molecule has 2 saturated carbocycles. The Morgan fingerprint density at radius 2 is 1.94 bits per heavy atom. The monoisotopic (exact) mass is 310 g/mol. The fourth-order valence-corrected chi connectivity index (χ4v) is 4.16. The van der Waals surface area contributed by atoms with E-state index in [-0.39, 0.29) is 11.7 Å². The number of hydrogen-bond donors (Lipinski definition) is 0. The Kier molecular flexibility index (Phi) is 3.60.